The van der Waals surface area contributed by atoms with Gasteiger partial charge in [0.1, 0.15) is 0 Å². The molecule has 0 saturated heterocycles. The molecule has 42 heavy (non-hydrogen) atoms. The SMILES string of the molecule is CCCCCCCCC=Cc1ccc(N=C(CC)C(CCCC)=Nc2ccc(C=CCCCCCCCC)cc2)cc1. The molecule has 230 valence electrons. The van der Waals surface area contributed by atoms with Gasteiger partial charge in [-0.3, -0.25) is 9.98 Å². The maximum atomic E-state index is 5.10. The summed E-state index contributed by atoms with van der Waals surface area (Å²) in [7, 11) is 0. The van der Waals surface area contributed by atoms with Gasteiger partial charge in [0.15, 0.2) is 0 Å². The van der Waals surface area contributed by atoms with Crippen molar-refractivity contribution >= 4 is 35.0 Å². The van der Waals surface area contributed by atoms with Crippen molar-refractivity contribution in [3.8, 4) is 0 Å². The van der Waals surface area contributed by atoms with Crippen LogP contribution in [0.15, 0.2) is 70.7 Å². The largest absolute Gasteiger partial charge is 0.252 e. The number of benzene rings is 2. The van der Waals surface area contributed by atoms with E-state index in [1.54, 1.807) is 0 Å². The first-order valence-electron chi connectivity index (χ1n) is 17.4. The van der Waals surface area contributed by atoms with Crippen molar-refractivity contribution in [3.63, 3.8) is 0 Å². The smallest absolute Gasteiger partial charge is 0.0634 e. The third-order valence-corrected chi connectivity index (χ3v) is 7.82. The van der Waals surface area contributed by atoms with Crippen LogP contribution in [-0.4, -0.2) is 11.4 Å². The molecule has 0 atom stereocenters. The van der Waals surface area contributed by atoms with Crippen LogP contribution in [0, 0.1) is 0 Å². The van der Waals surface area contributed by atoms with E-state index in [9.17, 15) is 0 Å². The van der Waals surface area contributed by atoms with E-state index in [-0.39, 0.29) is 0 Å². The molecule has 0 aliphatic carbocycles. The summed E-state index contributed by atoms with van der Waals surface area (Å²) in [6, 6.07) is 17.3. The normalized spacial score (nSPS) is 12.7. The monoisotopic (exact) mass is 568 g/mol. The summed E-state index contributed by atoms with van der Waals surface area (Å²) < 4.78 is 0. The van der Waals surface area contributed by atoms with Crippen LogP contribution in [0.3, 0.4) is 0 Å². The molecule has 0 aromatic heterocycles. The van der Waals surface area contributed by atoms with Gasteiger partial charge in [0, 0.05) is 0 Å². The Bertz CT molecular complexity index is 1050. The first-order chi connectivity index (χ1) is 20.7. The fraction of sp³-hybridized carbons (Fsp3) is 0.550. The highest BCUT2D eigenvalue weighted by Crippen LogP contribution is 2.20. The van der Waals surface area contributed by atoms with Gasteiger partial charge in [-0.15, -0.1) is 0 Å². The van der Waals surface area contributed by atoms with Crippen molar-refractivity contribution < 1.29 is 0 Å². The van der Waals surface area contributed by atoms with Crippen LogP contribution in [0.2, 0.25) is 0 Å². The van der Waals surface area contributed by atoms with Crippen LogP contribution in [0.5, 0.6) is 0 Å². The third-order valence-electron chi connectivity index (χ3n) is 7.82. The molecular weight excluding hydrogens is 508 g/mol. The molecule has 0 unspecified atom stereocenters. The number of hydrogen-bond acceptors (Lipinski definition) is 2. The van der Waals surface area contributed by atoms with Gasteiger partial charge in [0.25, 0.3) is 0 Å². The fourth-order valence-electron chi connectivity index (χ4n) is 5.11. The van der Waals surface area contributed by atoms with Crippen LogP contribution in [-0.2, 0) is 0 Å². The van der Waals surface area contributed by atoms with Crippen LogP contribution in [0.25, 0.3) is 12.2 Å². The first kappa shape index (κ1) is 35.5. The number of unbranched alkanes of at least 4 members (excludes halogenated alkanes) is 13. The van der Waals surface area contributed by atoms with E-state index in [1.807, 2.05) is 0 Å². The minimum Gasteiger partial charge on any atom is -0.252 e. The molecule has 0 saturated carbocycles. The Hall–Kier alpha value is -2.74. The van der Waals surface area contributed by atoms with Crippen LogP contribution in [0.1, 0.15) is 154 Å². The minimum absolute atomic E-state index is 0.877. The van der Waals surface area contributed by atoms with E-state index in [2.05, 4.69) is 101 Å². The number of allylic oxidation sites excluding steroid dienone is 2. The summed E-state index contributed by atoms with van der Waals surface area (Å²) in [5.74, 6) is 0. The zero-order valence-electron chi connectivity index (χ0n) is 27.6. The summed E-state index contributed by atoms with van der Waals surface area (Å²) in [6.07, 6.45) is 31.8. The highest BCUT2D eigenvalue weighted by molar-refractivity contribution is 6.43. The lowest BCUT2D eigenvalue weighted by Crippen LogP contribution is -2.13. The van der Waals surface area contributed by atoms with Gasteiger partial charge in [-0.1, -0.05) is 147 Å². The van der Waals surface area contributed by atoms with Gasteiger partial charge >= 0.3 is 0 Å². The summed E-state index contributed by atoms with van der Waals surface area (Å²) in [5, 5.41) is 0. The summed E-state index contributed by atoms with van der Waals surface area (Å²) in [6.45, 7) is 8.98. The number of aliphatic imine (C=N–C) groups is 2. The van der Waals surface area contributed by atoms with Crippen molar-refractivity contribution in [3.05, 3.63) is 71.8 Å². The Kier molecular flexibility index (Phi) is 20.1. The molecule has 0 bridgehead atoms. The molecular formula is C40H60N2. The quantitative estimate of drug-likeness (QED) is 0.0940. The molecule has 2 aromatic rings. The maximum Gasteiger partial charge on any atom is 0.0634 e. The summed E-state index contributed by atoms with van der Waals surface area (Å²) >= 11 is 0. The van der Waals surface area contributed by atoms with E-state index in [0.717, 1.165) is 48.5 Å². The van der Waals surface area contributed by atoms with Gasteiger partial charge in [-0.05, 0) is 80.3 Å². The lowest BCUT2D eigenvalue weighted by atomic mass is 10.1. The summed E-state index contributed by atoms with van der Waals surface area (Å²) in [5.41, 5.74) is 6.74. The second-order valence-electron chi connectivity index (χ2n) is 11.7. The maximum absolute atomic E-state index is 5.10. The molecule has 0 N–H and O–H groups in total. The zero-order chi connectivity index (χ0) is 30.1. The Morgan fingerprint density at radius 1 is 0.476 bits per heavy atom. The molecule has 2 heteroatoms. The van der Waals surface area contributed by atoms with Crippen molar-refractivity contribution in [1.82, 2.24) is 0 Å². The molecule has 2 rings (SSSR count). The lowest BCUT2D eigenvalue weighted by molar-refractivity contribution is 0.611. The van der Waals surface area contributed by atoms with Crippen molar-refractivity contribution in [2.45, 2.75) is 143 Å². The molecule has 2 aromatic carbocycles. The van der Waals surface area contributed by atoms with Crippen LogP contribution >= 0.6 is 0 Å². The Balaban J connectivity index is 1.97. The molecule has 2 nitrogen and oxygen atoms in total. The number of hydrogen-bond donors (Lipinski definition) is 0. The predicted molar refractivity (Wildman–Crippen MR) is 191 cm³/mol. The van der Waals surface area contributed by atoms with E-state index < -0.39 is 0 Å². The molecule has 0 spiro atoms. The van der Waals surface area contributed by atoms with E-state index >= 15 is 0 Å². The molecule has 0 amide bonds. The van der Waals surface area contributed by atoms with E-state index in [0.29, 0.717) is 0 Å². The molecule has 0 fully saturated rings. The van der Waals surface area contributed by atoms with Gasteiger partial charge < -0.3 is 0 Å². The predicted octanol–water partition coefficient (Wildman–Crippen LogP) is 13.7. The minimum atomic E-state index is 0.877. The van der Waals surface area contributed by atoms with Crippen LogP contribution < -0.4 is 0 Å². The van der Waals surface area contributed by atoms with E-state index in [4.69, 9.17) is 9.98 Å². The van der Waals surface area contributed by atoms with Crippen LogP contribution in [0.4, 0.5) is 11.4 Å². The van der Waals surface area contributed by atoms with Gasteiger partial charge in [0.2, 0.25) is 0 Å². The van der Waals surface area contributed by atoms with Gasteiger partial charge in [-0.25, -0.2) is 0 Å². The van der Waals surface area contributed by atoms with E-state index in [1.165, 1.54) is 101 Å². The molecule has 0 aliphatic rings. The number of rotatable bonds is 23. The first-order valence-corrected chi connectivity index (χ1v) is 17.4. The number of nitrogens with zero attached hydrogens (tertiary/aromatic N) is 2. The zero-order valence-corrected chi connectivity index (χ0v) is 27.6. The topological polar surface area (TPSA) is 24.7 Å². The highest BCUT2D eigenvalue weighted by atomic mass is 14.8. The lowest BCUT2D eigenvalue weighted by Gasteiger charge is -2.09. The second kappa shape index (κ2) is 23.8. The van der Waals surface area contributed by atoms with Crippen molar-refractivity contribution in [1.29, 1.82) is 0 Å². The third kappa shape index (κ3) is 16.0. The molecule has 0 radical (unpaired) electrons. The standard InChI is InChI=1S/C40H60N2/c1-5-9-12-14-16-18-20-22-24-35-27-31-37(32-28-35)41-39(8-4)40(26-11-7-3)42-38-33-29-36(30-34-38)25-23-21-19-17-15-13-10-6-2/h22-25,27-34H,5-21,26H2,1-4H3. The molecule has 0 aliphatic heterocycles. The average molecular weight is 569 g/mol. The average Bonchev–Trinajstić information content (AvgIpc) is 3.02. The Morgan fingerprint density at radius 3 is 1.31 bits per heavy atom. The van der Waals surface area contributed by atoms with Crippen molar-refractivity contribution in [2.75, 3.05) is 0 Å². The van der Waals surface area contributed by atoms with Crippen molar-refractivity contribution in [2.24, 2.45) is 9.98 Å². The Labute approximate surface area is 259 Å². The highest BCUT2D eigenvalue weighted by Gasteiger charge is 2.08. The van der Waals surface area contributed by atoms with Gasteiger partial charge in [-0.2, -0.15) is 0 Å². The molecule has 0 heterocycles. The van der Waals surface area contributed by atoms with Gasteiger partial charge in [0.05, 0.1) is 22.8 Å². The Morgan fingerprint density at radius 2 is 0.881 bits per heavy atom. The second-order valence-corrected chi connectivity index (χ2v) is 11.7. The fourth-order valence-corrected chi connectivity index (χ4v) is 5.11. The summed E-state index contributed by atoms with van der Waals surface area (Å²) in [4.78, 5) is 10.2.